The molecule has 152 valence electrons. The molecule has 0 bridgehead atoms. The highest BCUT2D eigenvalue weighted by atomic mass is 32.2. The van der Waals surface area contributed by atoms with Crippen LogP contribution in [0.1, 0.15) is 37.4 Å². The molecule has 1 saturated carbocycles. The number of aromatic nitrogens is 3. The van der Waals surface area contributed by atoms with E-state index in [0.29, 0.717) is 17.5 Å². The van der Waals surface area contributed by atoms with Crippen LogP contribution in [0.15, 0.2) is 59.6 Å². The molecule has 0 spiro atoms. The Morgan fingerprint density at radius 1 is 1.14 bits per heavy atom. The van der Waals surface area contributed by atoms with Gasteiger partial charge in [-0.3, -0.25) is 9.67 Å². The number of hydrogen-bond acceptors (Lipinski definition) is 5. The number of ether oxygens (including phenoxy) is 1. The molecule has 0 atom stereocenters. The first-order valence-corrected chi connectivity index (χ1v) is 11.2. The van der Waals surface area contributed by atoms with Crippen LogP contribution in [0.4, 0.5) is 0 Å². The molecule has 0 saturated heterocycles. The maximum atomic E-state index is 12.6. The van der Waals surface area contributed by atoms with Gasteiger partial charge in [0.2, 0.25) is 10.0 Å². The number of pyridine rings is 1. The Balaban J connectivity index is 1.57. The lowest BCUT2D eigenvalue weighted by Crippen LogP contribution is -2.23. The largest absolute Gasteiger partial charge is 0.497 e. The highest BCUT2D eigenvalue weighted by Gasteiger charge is 2.23. The molecule has 1 aliphatic carbocycles. The number of nitrogens with zero attached hydrogens (tertiary/aromatic N) is 3. The van der Waals surface area contributed by atoms with Crippen LogP contribution < -0.4 is 9.46 Å². The van der Waals surface area contributed by atoms with E-state index in [9.17, 15) is 8.42 Å². The molecule has 2 aromatic heterocycles. The van der Waals surface area contributed by atoms with E-state index >= 15 is 0 Å². The Morgan fingerprint density at radius 3 is 2.55 bits per heavy atom. The fourth-order valence-electron chi connectivity index (χ4n) is 3.67. The number of methoxy groups -OCH3 is 1. The number of benzene rings is 1. The van der Waals surface area contributed by atoms with E-state index in [0.717, 1.165) is 24.2 Å². The summed E-state index contributed by atoms with van der Waals surface area (Å²) in [5, 5.41) is 4.72. The Hall–Kier alpha value is -2.71. The molecule has 1 aromatic carbocycles. The summed E-state index contributed by atoms with van der Waals surface area (Å²) in [7, 11) is -2.10. The third kappa shape index (κ3) is 4.33. The summed E-state index contributed by atoms with van der Waals surface area (Å²) in [6.45, 7) is 0.119. The first-order valence-electron chi connectivity index (χ1n) is 9.70. The molecule has 0 aliphatic heterocycles. The zero-order valence-electron chi connectivity index (χ0n) is 16.3. The van der Waals surface area contributed by atoms with Gasteiger partial charge < -0.3 is 4.74 Å². The topological polar surface area (TPSA) is 86.1 Å². The summed E-state index contributed by atoms with van der Waals surface area (Å²) < 4.78 is 35.0. The van der Waals surface area contributed by atoms with E-state index in [2.05, 4.69) is 9.71 Å². The minimum Gasteiger partial charge on any atom is -0.497 e. The molecule has 7 nitrogen and oxygen atoms in total. The summed E-state index contributed by atoms with van der Waals surface area (Å²) >= 11 is 0. The van der Waals surface area contributed by atoms with Crippen LogP contribution >= 0.6 is 0 Å². The van der Waals surface area contributed by atoms with Crippen molar-refractivity contribution in [2.45, 2.75) is 43.2 Å². The number of rotatable bonds is 7. The number of sulfonamides is 1. The predicted octanol–water partition coefficient (Wildman–Crippen LogP) is 3.55. The van der Waals surface area contributed by atoms with Gasteiger partial charge in [-0.05, 0) is 55.3 Å². The highest BCUT2D eigenvalue weighted by molar-refractivity contribution is 7.89. The quantitative estimate of drug-likeness (QED) is 0.641. The third-order valence-corrected chi connectivity index (χ3v) is 6.61. The van der Waals surface area contributed by atoms with Gasteiger partial charge in [-0.1, -0.05) is 18.9 Å². The summed E-state index contributed by atoms with van der Waals surface area (Å²) in [5.74, 6) is 0.610. The van der Waals surface area contributed by atoms with Gasteiger partial charge in [0.1, 0.15) is 5.75 Å². The van der Waals surface area contributed by atoms with Crippen molar-refractivity contribution in [3.8, 4) is 17.1 Å². The van der Waals surface area contributed by atoms with E-state index in [1.54, 1.807) is 25.4 Å². The molecule has 1 fully saturated rings. The normalized spacial score (nSPS) is 14.9. The zero-order chi connectivity index (χ0) is 20.3. The third-order valence-electron chi connectivity index (χ3n) is 5.20. The van der Waals surface area contributed by atoms with E-state index in [-0.39, 0.29) is 11.4 Å². The first kappa shape index (κ1) is 19.6. The van der Waals surface area contributed by atoms with Gasteiger partial charge in [0.05, 0.1) is 41.7 Å². The Kier molecular flexibility index (Phi) is 5.64. The van der Waals surface area contributed by atoms with Crippen molar-refractivity contribution in [2.75, 3.05) is 7.11 Å². The van der Waals surface area contributed by atoms with E-state index < -0.39 is 10.0 Å². The molecule has 4 rings (SSSR count). The van der Waals surface area contributed by atoms with Gasteiger partial charge in [-0.25, -0.2) is 13.1 Å². The molecule has 3 aromatic rings. The van der Waals surface area contributed by atoms with Crippen molar-refractivity contribution in [1.82, 2.24) is 19.5 Å². The minimum absolute atomic E-state index is 0.119. The summed E-state index contributed by atoms with van der Waals surface area (Å²) in [4.78, 5) is 4.65. The van der Waals surface area contributed by atoms with Crippen LogP contribution in [0, 0.1) is 0 Å². The lowest BCUT2D eigenvalue weighted by atomic mass is 10.2. The molecule has 1 aliphatic rings. The second kappa shape index (κ2) is 8.34. The van der Waals surface area contributed by atoms with Gasteiger partial charge in [-0.2, -0.15) is 5.10 Å². The second-order valence-corrected chi connectivity index (χ2v) is 8.89. The van der Waals surface area contributed by atoms with Crippen molar-refractivity contribution in [3.63, 3.8) is 0 Å². The standard InChI is InChI=1S/C21H24N4O3S/c1-28-18-9-11-19(12-10-18)29(26,27)23-15-16-14-21(20-8-4-5-13-22-20)25(24-16)17-6-2-3-7-17/h4-5,8-14,17,23H,2-3,6-7,15H2,1H3. The van der Waals surface area contributed by atoms with Gasteiger partial charge in [0.15, 0.2) is 0 Å². The Morgan fingerprint density at radius 2 is 1.90 bits per heavy atom. The molecule has 0 radical (unpaired) electrons. The summed E-state index contributed by atoms with van der Waals surface area (Å²) in [6, 6.07) is 14.3. The number of hydrogen-bond donors (Lipinski definition) is 1. The van der Waals surface area contributed by atoms with Crippen LogP contribution in [0.3, 0.4) is 0 Å². The van der Waals surface area contributed by atoms with Gasteiger partial charge in [-0.15, -0.1) is 0 Å². The average Bonchev–Trinajstić information content (AvgIpc) is 3.43. The van der Waals surface area contributed by atoms with Gasteiger partial charge >= 0.3 is 0 Å². The van der Waals surface area contributed by atoms with Crippen molar-refractivity contribution in [1.29, 1.82) is 0 Å². The molecular formula is C21H24N4O3S. The lowest BCUT2D eigenvalue weighted by Gasteiger charge is -2.13. The lowest BCUT2D eigenvalue weighted by molar-refractivity contribution is 0.414. The van der Waals surface area contributed by atoms with Crippen molar-refractivity contribution < 1.29 is 13.2 Å². The molecule has 0 unspecified atom stereocenters. The molecule has 2 heterocycles. The van der Waals surface area contributed by atoms with Crippen molar-refractivity contribution in [3.05, 3.63) is 60.4 Å². The maximum Gasteiger partial charge on any atom is 0.240 e. The maximum absolute atomic E-state index is 12.6. The van der Waals surface area contributed by atoms with Crippen LogP contribution in [-0.2, 0) is 16.6 Å². The fourth-order valence-corrected chi connectivity index (χ4v) is 4.67. The SMILES string of the molecule is COc1ccc(S(=O)(=O)NCc2cc(-c3ccccn3)n(C3CCCC3)n2)cc1. The first-order chi connectivity index (χ1) is 14.1. The molecule has 8 heteroatoms. The van der Waals surface area contributed by atoms with Crippen molar-refractivity contribution >= 4 is 10.0 Å². The number of nitrogens with one attached hydrogen (secondary N) is 1. The van der Waals surface area contributed by atoms with E-state index in [1.807, 2.05) is 28.9 Å². The summed E-state index contributed by atoms with van der Waals surface area (Å²) in [5.41, 5.74) is 2.45. The van der Waals surface area contributed by atoms with Crippen LogP contribution in [0.5, 0.6) is 5.75 Å². The van der Waals surface area contributed by atoms with Gasteiger partial charge in [0.25, 0.3) is 0 Å². The van der Waals surface area contributed by atoms with Crippen molar-refractivity contribution in [2.24, 2.45) is 0 Å². The molecule has 29 heavy (non-hydrogen) atoms. The fraction of sp³-hybridized carbons (Fsp3) is 0.333. The average molecular weight is 413 g/mol. The van der Waals surface area contributed by atoms with Crippen LogP contribution in [0.25, 0.3) is 11.4 Å². The van der Waals surface area contributed by atoms with Crippen LogP contribution in [0.2, 0.25) is 0 Å². The highest BCUT2D eigenvalue weighted by Crippen LogP contribution is 2.33. The second-order valence-electron chi connectivity index (χ2n) is 7.12. The Bertz CT molecular complexity index is 1060. The molecular weight excluding hydrogens is 388 g/mol. The summed E-state index contributed by atoms with van der Waals surface area (Å²) in [6.07, 6.45) is 6.29. The minimum atomic E-state index is -3.64. The smallest absolute Gasteiger partial charge is 0.240 e. The zero-order valence-corrected chi connectivity index (χ0v) is 17.1. The molecule has 1 N–H and O–H groups in total. The molecule has 0 amide bonds. The van der Waals surface area contributed by atoms with E-state index in [4.69, 9.17) is 9.84 Å². The monoisotopic (exact) mass is 412 g/mol. The Labute approximate surface area is 170 Å². The predicted molar refractivity (Wildman–Crippen MR) is 110 cm³/mol. The van der Waals surface area contributed by atoms with Crippen LogP contribution in [-0.4, -0.2) is 30.3 Å². The van der Waals surface area contributed by atoms with Gasteiger partial charge in [0, 0.05) is 6.20 Å². The van der Waals surface area contributed by atoms with E-state index in [1.165, 1.54) is 25.0 Å².